The molecule has 6 nitrogen and oxygen atoms in total. The van der Waals surface area contributed by atoms with Gasteiger partial charge in [0.25, 0.3) is 0 Å². The summed E-state index contributed by atoms with van der Waals surface area (Å²) in [5, 5.41) is 6.04. The summed E-state index contributed by atoms with van der Waals surface area (Å²) in [6, 6.07) is 3.83. The topological polar surface area (TPSA) is 71.8 Å². The van der Waals surface area contributed by atoms with E-state index in [9.17, 15) is 4.79 Å². The van der Waals surface area contributed by atoms with Crippen molar-refractivity contribution < 1.29 is 4.79 Å². The molecule has 2 N–H and O–H groups in total. The molecule has 2 aromatic heterocycles. The first-order chi connectivity index (χ1) is 9.34. The highest BCUT2D eigenvalue weighted by Crippen LogP contribution is 2.11. The van der Waals surface area contributed by atoms with Crippen molar-refractivity contribution >= 4 is 18.3 Å². The zero-order valence-electron chi connectivity index (χ0n) is 10.8. The van der Waals surface area contributed by atoms with Gasteiger partial charge < -0.3 is 10.6 Å². The Balaban J connectivity index is 0.00000147. The Bertz CT molecular complexity index is 568. The van der Waals surface area contributed by atoms with Crippen molar-refractivity contribution in [2.45, 2.75) is 6.54 Å². The van der Waals surface area contributed by atoms with Gasteiger partial charge >= 0.3 is 0 Å². The first-order valence-corrected chi connectivity index (χ1v) is 6.25. The summed E-state index contributed by atoms with van der Waals surface area (Å²) in [5.41, 5.74) is 0.973. The van der Waals surface area contributed by atoms with E-state index in [1.165, 1.54) is 0 Å². The molecule has 1 fully saturated rings. The van der Waals surface area contributed by atoms with Gasteiger partial charge in [0.2, 0.25) is 5.91 Å². The van der Waals surface area contributed by atoms with E-state index in [1.807, 2.05) is 22.9 Å². The highest BCUT2D eigenvalue weighted by Gasteiger charge is 2.24. The number of imidazole rings is 1. The van der Waals surface area contributed by atoms with Crippen molar-refractivity contribution in [3.63, 3.8) is 0 Å². The van der Waals surface area contributed by atoms with Crippen LogP contribution in [-0.4, -0.2) is 33.5 Å². The van der Waals surface area contributed by atoms with E-state index in [4.69, 9.17) is 0 Å². The van der Waals surface area contributed by atoms with Crippen LogP contribution in [0, 0.1) is 5.92 Å². The highest BCUT2D eigenvalue weighted by atomic mass is 35.5. The van der Waals surface area contributed by atoms with Crippen molar-refractivity contribution in [3.8, 4) is 5.82 Å². The van der Waals surface area contributed by atoms with E-state index in [1.54, 1.807) is 18.7 Å². The van der Waals surface area contributed by atoms with Gasteiger partial charge in [-0.2, -0.15) is 0 Å². The molecule has 0 spiro atoms. The molecule has 1 aliphatic heterocycles. The van der Waals surface area contributed by atoms with Crippen molar-refractivity contribution in [2.75, 3.05) is 13.1 Å². The number of hydrogen-bond acceptors (Lipinski definition) is 4. The molecule has 20 heavy (non-hydrogen) atoms. The molecule has 1 saturated heterocycles. The number of nitrogens with one attached hydrogen (secondary N) is 2. The minimum atomic E-state index is 0. The predicted octanol–water partition coefficient (Wildman–Crippen LogP) is 0.525. The van der Waals surface area contributed by atoms with Crippen LogP contribution < -0.4 is 10.6 Å². The Morgan fingerprint density at radius 2 is 2.30 bits per heavy atom. The van der Waals surface area contributed by atoms with Gasteiger partial charge in [-0.3, -0.25) is 9.36 Å². The number of carbonyl (C=O) groups excluding carboxylic acids is 1. The minimum absolute atomic E-state index is 0. The second kappa shape index (κ2) is 6.49. The number of aromatic nitrogens is 3. The third kappa shape index (κ3) is 2.97. The molecular formula is C13H16ClN5O. The largest absolute Gasteiger partial charge is 0.352 e. The van der Waals surface area contributed by atoms with Crippen LogP contribution in [0.3, 0.4) is 0 Å². The van der Waals surface area contributed by atoms with Crippen molar-refractivity contribution in [2.24, 2.45) is 5.92 Å². The number of nitrogens with zero attached hydrogens (tertiary/aromatic N) is 3. The molecule has 0 aromatic carbocycles. The monoisotopic (exact) mass is 293 g/mol. The normalized spacial score (nSPS) is 14.2. The van der Waals surface area contributed by atoms with E-state index in [2.05, 4.69) is 20.6 Å². The predicted molar refractivity (Wildman–Crippen MR) is 76.8 cm³/mol. The number of carbonyl (C=O) groups is 1. The maximum atomic E-state index is 11.8. The lowest BCUT2D eigenvalue weighted by Crippen LogP contribution is -2.50. The molecule has 2 aromatic rings. The fourth-order valence-corrected chi connectivity index (χ4v) is 1.99. The molecule has 0 unspecified atom stereocenters. The molecule has 0 aliphatic carbocycles. The summed E-state index contributed by atoms with van der Waals surface area (Å²) in [6.45, 7) is 2.02. The number of halogens is 1. The Morgan fingerprint density at radius 1 is 1.45 bits per heavy atom. The number of rotatable bonds is 4. The van der Waals surface area contributed by atoms with E-state index >= 15 is 0 Å². The van der Waals surface area contributed by atoms with Crippen LogP contribution in [0.5, 0.6) is 0 Å². The lowest BCUT2D eigenvalue weighted by atomic mass is 10.0. The van der Waals surface area contributed by atoms with Gasteiger partial charge in [0.1, 0.15) is 12.1 Å². The average molecular weight is 294 g/mol. The standard InChI is InChI=1S/C13H15N5O.ClH/c19-13(11-6-15-7-11)17-8-10-2-1-3-16-12(10)18-5-4-14-9-18;/h1-5,9,11,15H,6-8H2,(H,17,19);1H. The third-order valence-corrected chi connectivity index (χ3v) is 3.22. The Kier molecular flexibility index (Phi) is 4.70. The van der Waals surface area contributed by atoms with Crippen molar-refractivity contribution in [1.82, 2.24) is 25.2 Å². The summed E-state index contributed by atoms with van der Waals surface area (Å²) < 4.78 is 1.84. The maximum absolute atomic E-state index is 11.8. The Labute approximate surface area is 123 Å². The van der Waals surface area contributed by atoms with Gasteiger partial charge in [-0.05, 0) is 6.07 Å². The third-order valence-electron chi connectivity index (χ3n) is 3.22. The van der Waals surface area contributed by atoms with Gasteiger partial charge in [0.05, 0.1) is 5.92 Å². The maximum Gasteiger partial charge on any atom is 0.225 e. The van der Waals surface area contributed by atoms with E-state index in [0.717, 1.165) is 24.5 Å². The molecule has 7 heteroatoms. The molecule has 0 radical (unpaired) electrons. The fraction of sp³-hybridized carbons (Fsp3) is 0.308. The molecule has 0 atom stereocenters. The zero-order chi connectivity index (χ0) is 13.1. The molecular weight excluding hydrogens is 278 g/mol. The number of pyridine rings is 1. The van der Waals surface area contributed by atoms with Gasteiger partial charge in [0, 0.05) is 43.8 Å². The van der Waals surface area contributed by atoms with Crippen LogP contribution in [-0.2, 0) is 11.3 Å². The number of amides is 1. The lowest BCUT2D eigenvalue weighted by Gasteiger charge is -2.25. The minimum Gasteiger partial charge on any atom is -0.352 e. The first-order valence-electron chi connectivity index (χ1n) is 6.25. The summed E-state index contributed by atoms with van der Waals surface area (Å²) in [4.78, 5) is 20.2. The van der Waals surface area contributed by atoms with Gasteiger partial charge in [0.15, 0.2) is 0 Å². The second-order valence-corrected chi connectivity index (χ2v) is 4.53. The van der Waals surface area contributed by atoms with Crippen LogP contribution >= 0.6 is 12.4 Å². The number of hydrogen-bond donors (Lipinski definition) is 2. The zero-order valence-corrected chi connectivity index (χ0v) is 11.6. The van der Waals surface area contributed by atoms with Crippen molar-refractivity contribution in [1.29, 1.82) is 0 Å². The fourth-order valence-electron chi connectivity index (χ4n) is 1.99. The molecule has 3 heterocycles. The second-order valence-electron chi connectivity index (χ2n) is 4.53. The summed E-state index contributed by atoms with van der Waals surface area (Å²) in [5.74, 6) is 1.000. The van der Waals surface area contributed by atoms with Crippen LogP contribution in [0.25, 0.3) is 5.82 Å². The molecule has 1 amide bonds. The average Bonchev–Trinajstić information content (AvgIpc) is 2.88. The molecule has 0 saturated carbocycles. The molecule has 3 rings (SSSR count). The lowest BCUT2D eigenvalue weighted by molar-refractivity contribution is -0.126. The van der Waals surface area contributed by atoms with E-state index in [0.29, 0.717) is 6.54 Å². The van der Waals surface area contributed by atoms with Crippen LogP contribution in [0.4, 0.5) is 0 Å². The highest BCUT2D eigenvalue weighted by molar-refractivity contribution is 5.85. The molecule has 106 valence electrons. The smallest absolute Gasteiger partial charge is 0.225 e. The Hall–Kier alpha value is -1.92. The summed E-state index contributed by atoms with van der Waals surface area (Å²) in [7, 11) is 0. The quantitative estimate of drug-likeness (QED) is 0.862. The summed E-state index contributed by atoms with van der Waals surface area (Å²) in [6.07, 6.45) is 6.97. The molecule has 1 aliphatic rings. The Morgan fingerprint density at radius 3 is 2.95 bits per heavy atom. The van der Waals surface area contributed by atoms with Gasteiger partial charge in [-0.1, -0.05) is 6.07 Å². The van der Waals surface area contributed by atoms with E-state index in [-0.39, 0.29) is 24.2 Å². The summed E-state index contributed by atoms with van der Waals surface area (Å²) >= 11 is 0. The van der Waals surface area contributed by atoms with Crippen LogP contribution in [0.15, 0.2) is 37.1 Å². The van der Waals surface area contributed by atoms with Gasteiger partial charge in [-0.25, -0.2) is 9.97 Å². The van der Waals surface area contributed by atoms with Crippen molar-refractivity contribution in [3.05, 3.63) is 42.6 Å². The SMILES string of the molecule is Cl.O=C(NCc1cccnc1-n1ccnc1)C1CNC1. The molecule has 0 bridgehead atoms. The van der Waals surface area contributed by atoms with Gasteiger partial charge in [-0.15, -0.1) is 12.4 Å². The van der Waals surface area contributed by atoms with Crippen LogP contribution in [0.1, 0.15) is 5.56 Å². The first kappa shape index (κ1) is 14.5. The van der Waals surface area contributed by atoms with Crippen LogP contribution in [0.2, 0.25) is 0 Å². The van der Waals surface area contributed by atoms with E-state index < -0.39 is 0 Å².